The van der Waals surface area contributed by atoms with Crippen molar-refractivity contribution in [3.8, 4) is 0 Å². The molecule has 0 heterocycles. The molecule has 0 aliphatic heterocycles. The second kappa shape index (κ2) is 6.01. The van der Waals surface area contributed by atoms with Crippen LogP contribution in [-0.2, 0) is 9.84 Å². The Morgan fingerprint density at radius 2 is 2.11 bits per heavy atom. The van der Waals surface area contributed by atoms with Crippen molar-refractivity contribution in [2.45, 2.75) is 6.42 Å². The van der Waals surface area contributed by atoms with Gasteiger partial charge >= 0.3 is 0 Å². The molecule has 3 heteroatoms. The summed E-state index contributed by atoms with van der Waals surface area (Å²) in [6.07, 6.45) is 0.940. The highest BCUT2D eigenvalue weighted by Crippen LogP contribution is 1.83. The molecule has 0 unspecified atom stereocenters. The Bertz CT molecular complexity index is 57.0. The van der Waals surface area contributed by atoms with Crippen LogP contribution in [0.5, 0.6) is 0 Å². The van der Waals surface area contributed by atoms with Crippen LogP contribution in [0.1, 0.15) is 6.42 Å². The predicted octanol–water partition coefficient (Wildman–Crippen LogP) is 0.343. The van der Waals surface area contributed by atoms with Crippen molar-refractivity contribution in [1.82, 2.24) is 4.90 Å². The van der Waals surface area contributed by atoms with Crippen LogP contribution in [0.25, 0.3) is 0 Å². The molecule has 0 bridgehead atoms. The van der Waals surface area contributed by atoms with Crippen molar-refractivity contribution < 1.29 is 9.84 Å². The van der Waals surface area contributed by atoms with E-state index >= 15 is 0 Å². The van der Waals surface area contributed by atoms with Gasteiger partial charge in [0.25, 0.3) is 0 Å². The fraction of sp³-hybridized carbons (Fsp3) is 1.00. The Labute approximate surface area is 56.2 Å². The van der Waals surface area contributed by atoms with Gasteiger partial charge in [0.2, 0.25) is 0 Å². The fourth-order valence-corrected chi connectivity index (χ4v) is 0.542. The van der Waals surface area contributed by atoms with Crippen molar-refractivity contribution >= 4 is 0 Å². The maximum absolute atomic E-state index is 9.74. The van der Waals surface area contributed by atoms with Gasteiger partial charge in [-0.25, -0.2) is 5.11 Å². The molecule has 0 aliphatic carbocycles. The molecule has 0 aliphatic rings. The van der Waals surface area contributed by atoms with Gasteiger partial charge in [0.1, 0.15) is 0 Å². The van der Waals surface area contributed by atoms with Crippen LogP contribution in [0.3, 0.4) is 0 Å². The quantitative estimate of drug-likeness (QED) is 0.399. The average molecular weight is 132 g/mol. The lowest BCUT2D eigenvalue weighted by Gasteiger charge is -2.07. The molecule has 9 heavy (non-hydrogen) atoms. The summed E-state index contributed by atoms with van der Waals surface area (Å²) in [5.74, 6) is 0. The van der Waals surface area contributed by atoms with E-state index in [-0.39, 0.29) is 0 Å². The van der Waals surface area contributed by atoms with Gasteiger partial charge in [-0.05, 0) is 27.1 Å². The fourth-order valence-electron chi connectivity index (χ4n) is 0.542. The van der Waals surface area contributed by atoms with Crippen molar-refractivity contribution in [2.24, 2.45) is 0 Å². The molecule has 0 fully saturated rings. The summed E-state index contributed by atoms with van der Waals surface area (Å²) in [5.41, 5.74) is 0. The molecule has 0 aromatic carbocycles. The van der Waals surface area contributed by atoms with Gasteiger partial charge in [0.05, 0.1) is 6.61 Å². The van der Waals surface area contributed by atoms with Gasteiger partial charge in [-0.2, -0.15) is 0 Å². The molecule has 0 N–H and O–H groups in total. The number of hydrogen-bond acceptors (Lipinski definition) is 2. The molecule has 55 valence electrons. The second-order valence-corrected chi connectivity index (χ2v) is 2.18. The largest absolute Gasteiger partial charge is 0.352 e. The van der Waals surface area contributed by atoms with E-state index in [9.17, 15) is 5.11 Å². The number of nitrogens with zero attached hydrogens (tertiary/aromatic N) is 1. The molecule has 0 saturated heterocycles. The topological polar surface area (TPSA) is 32.4 Å². The second-order valence-electron chi connectivity index (χ2n) is 2.18. The third-order valence-electron chi connectivity index (χ3n) is 0.977. The summed E-state index contributed by atoms with van der Waals surface area (Å²) in [6, 6.07) is 0. The normalized spacial score (nSPS) is 10.7. The summed E-state index contributed by atoms with van der Waals surface area (Å²) in [7, 11) is 3.99. The van der Waals surface area contributed by atoms with E-state index in [1.807, 2.05) is 14.1 Å². The van der Waals surface area contributed by atoms with E-state index in [2.05, 4.69) is 9.64 Å². The summed E-state index contributed by atoms with van der Waals surface area (Å²) in [6.45, 7) is 1.16. The molecule has 3 nitrogen and oxygen atoms in total. The first kappa shape index (κ1) is 8.88. The number of rotatable bonds is 5. The van der Waals surface area contributed by atoms with E-state index in [1.54, 1.807) is 0 Å². The Kier molecular flexibility index (Phi) is 5.93. The summed E-state index contributed by atoms with van der Waals surface area (Å²) >= 11 is 0. The van der Waals surface area contributed by atoms with Crippen molar-refractivity contribution in [3.05, 3.63) is 0 Å². The Morgan fingerprint density at radius 3 is 2.56 bits per heavy atom. The van der Waals surface area contributed by atoms with E-state index in [1.165, 1.54) is 0 Å². The first-order valence-electron chi connectivity index (χ1n) is 3.08. The molecule has 0 rings (SSSR count). The van der Waals surface area contributed by atoms with E-state index in [4.69, 9.17) is 0 Å². The summed E-state index contributed by atoms with van der Waals surface area (Å²) in [4.78, 5) is 2.06. The lowest BCUT2D eigenvalue weighted by Crippen LogP contribution is -2.14. The van der Waals surface area contributed by atoms with E-state index in [0.29, 0.717) is 6.61 Å². The summed E-state index contributed by atoms with van der Waals surface area (Å²) < 4.78 is 4.60. The van der Waals surface area contributed by atoms with Gasteiger partial charge in [0.15, 0.2) is 6.79 Å². The highest BCUT2D eigenvalue weighted by molar-refractivity contribution is 4.40. The monoisotopic (exact) mass is 132 g/mol. The zero-order valence-corrected chi connectivity index (χ0v) is 6.09. The molecule has 0 saturated carbocycles. The van der Waals surface area contributed by atoms with Crippen LogP contribution < -0.4 is 0 Å². The first-order valence-corrected chi connectivity index (χ1v) is 3.08. The smallest absolute Gasteiger partial charge is 0.180 e. The lowest BCUT2D eigenvalue weighted by molar-refractivity contribution is -0.0451. The minimum Gasteiger partial charge on any atom is -0.352 e. The number of hydrogen-bond donors (Lipinski definition) is 0. The number of ether oxygens (including phenoxy) is 1. The molecule has 0 aromatic heterocycles. The molecule has 0 spiro atoms. The van der Waals surface area contributed by atoms with Crippen molar-refractivity contribution in [3.63, 3.8) is 0 Å². The SMILES string of the molecule is CN(C)CCCOC[O]. The maximum atomic E-state index is 9.74. The van der Waals surface area contributed by atoms with Crippen LogP contribution in [-0.4, -0.2) is 38.9 Å². The van der Waals surface area contributed by atoms with Gasteiger partial charge in [-0.1, -0.05) is 0 Å². The molecule has 0 atom stereocenters. The van der Waals surface area contributed by atoms with Crippen LogP contribution in [0, 0.1) is 0 Å². The van der Waals surface area contributed by atoms with Crippen LogP contribution in [0.4, 0.5) is 0 Å². The van der Waals surface area contributed by atoms with E-state index in [0.717, 1.165) is 13.0 Å². The first-order chi connectivity index (χ1) is 4.27. The molecule has 0 aromatic rings. The summed E-state index contributed by atoms with van der Waals surface area (Å²) in [5, 5.41) is 9.74. The molecular formula is C6H14NO2. The van der Waals surface area contributed by atoms with Crippen LogP contribution in [0.2, 0.25) is 0 Å². The van der Waals surface area contributed by atoms with Gasteiger partial charge in [0, 0.05) is 0 Å². The Balaban J connectivity index is 2.75. The van der Waals surface area contributed by atoms with Gasteiger partial charge in [-0.3, -0.25) is 0 Å². The third kappa shape index (κ3) is 7.88. The Morgan fingerprint density at radius 1 is 1.44 bits per heavy atom. The highest BCUT2D eigenvalue weighted by atomic mass is 16.6. The average Bonchev–Trinajstić information content (AvgIpc) is 1.80. The van der Waals surface area contributed by atoms with E-state index < -0.39 is 6.79 Å². The predicted molar refractivity (Wildman–Crippen MR) is 34.7 cm³/mol. The highest BCUT2D eigenvalue weighted by Gasteiger charge is 1.88. The van der Waals surface area contributed by atoms with Gasteiger partial charge < -0.3 is 9.64 Å². The minimum absolute atomic E-state index is 0.409. The minimum atomic E-state index is -0.409. The molecule has 0 amide bonds. The zero-order valence-electron chi connectivity index (χ0n) is 6.09. The lowest BCUT2D eigenvalue weighted by atomic mass is 10.4. The Hall–Kier alpha value is -0.120. The van der Waals surface area contributed by atoms with Crippen LogP contribution in [0.15, 0.2) is 0 Å². The van der Waals surface area contributed by atoms with Gasteiger partial charge in [-0.15, -0.1) is 0 Å². The third-order valence-corrected chi connectivity index (χ3v) is 0.977. The molecule has 1 radical (unpaired) electrons. The van der Waals surface area contributed by atoms with Crippen molar-refractivity contribution in [1.29, 1.82) is 0 Å². The standard InChI is InChI=1S/C6H14NO2/c1-7(2)4-3-5-9-6-8/h3-6H2,1-2H3. The van der Waals surface area contributed by atoms with Crippen LogP contribution >= 0.6 is 0 Å². The zero-order chi connectivity index (χ0) is 7.11. The maximum Gasteiger partial charge on any atom is 0.180 e. The van der Waals surface area contributed by atoms with Crippen molar-refractivity contribution in [2.75, 3.05) is 34.0 Å². The molecular weight excluding hydrogens is 118 g/mol.